The number of ether oxygens (including phenoxy) is 1. The molecule has 18 heavy (non-hydrogen) atoms. The predicted octanol–water partition coefficient (Wildman–Crippen LogP) is 2.16. The van der Waals surface area contributed by atoms with Crippen LogP contribution in [0.4, 0.5) is 0 Å². The second-order valence-corrected chi connectivity index (χ2v) is 4.42. The summed E-state index contributed by atoms with van der Waals surface area (Å²) in [5.74, 6) is -0.0559. The number of nitrogens with one attached hydrogen (secondary N) is 2. The number of methoxy groups -OCH3 is 1. The Morgan fingerprint density at radius 2 is 2.17 bits per heavy atom. The van der Waals surface area contributed by atoms with Crippen LogP contribution in [-0.4, -0.2) is 31.2 Å². The zero-order chi connectivity index (χ0) is 13.1. The number of hydrogen-bond acceptors (Lipinski definition) is 2. The van der Waals surface area contributed by atoms with Crippen molar-refractivity contribution in [3.05, 3.63) is 35.0 Å². The number of H-pyrrole nitrogens is 1. The summed E-state index contributed by atoms with van der Waals surface area (Å²) >= 11 is 0. The molecule has 4 heteroatoms. The largest absolute Gasteiger partial charge is 0.383 e. The average Bonchev–Trinajstić information content (AvgIpc) is 2.64. The first-order valence-corrected chi connectivity index (χ1v) is 5.99. The normalized spacial score (nSPS) is 10.8. The van der Waals surface area contributed by atoms with Crippen molar-refractivity contribution >= 4 is 16.8 Å². The van der Waals surface area contributed by atoms with Crippen LogP contribution in [0.3, 0.4) is 0 Å². The summed E-state index contributed by atoms with van der Waals surface area (Å²) in [6, 6.07) is 6.05. The minimum Gasteiger partial charge on any atom is -0.383 e. The van der Waals surface area contributed by atoms with Gasteiger partial charge in [0.2, 0.25) is 0 Å². The highest BCUT2D eigenvalue weighted by atomic mass is 16.5. The average molecular weight is 246 g/mol. The predicted molar refractivity (Wildman–Crippen MR) is 72.0 cm³/mol. The zero-order valence-corrected chi connectivity index (χ0v) is 11.0. The number of aryl methyl sites for hydroxylation is 2. The Morgan fingerprint density at radius 3 is 2.89 bits per heavy atom. The van der Waals surface area contributed by atoms with E-state index >= 15 is 0 Å². The van der Waals surface area contributed by atoms with E-state index in [1.807, 2.05) is 32.0 Å². The molecule has 0 saturated carbocycles. The van der Waals surface area contributed by atoms with Crippen molar-refractivity contribution in [2.75, 3.05) is 20.3 Å². The first-order chi connectivity index (χ1) is 8.63. The van der Waals surface area contributed by atoms with Crippen molar-refractivity contribution < 1.29 is 9.53 Å². The third-order valence-electron chi connectivity index (χ3n) is 2.96. The monoisotopic (exact) mass is 246 g/mol. The van der Waals surface area contributed by atoms with E-state index in [2.05, 4.69) is 10.3 Å². The first-order valence-electron chi connectivity index (χ1n) is 5.99. The van der Waals surface area contributed by atoms with Crippen LogP contribution in [0, 0.1) is 13.8 Å². The van der Waals surface area contributed by atoms with Crippen LogP contribution in [0.1, 0.15) is 21.6 Å². The molecule has 0 unspecified atom stereocenters. The number of benzene rings is 1. The molecule has 4 nitrogen and oxygen atoms in total. The third kappa shape index (κ3) is 2.38. The summed E-state index contributed by atoms with van der Waals surface area (Å²) < 4.78 is 4.92. The van der Waals surface area contributed by atoms with Crippen LogP contribution >= 0.6 is 0 Å². The van der Waals surface area contributed by atoms with Crippen LogP contribution in [0.15, 0.2) is 18.2 Å². The molecule has 0 spiro atoms. The standard InChI is InChI=1S/C14H18N2O2/c1-9-4-5-11-12(8-9)16-10(2)13(11)14(17)15-6-7-18-3/h4-5,8,16H,6-7H2,1-3H3,(H,15,17). The lowest BCUT2D eigenvalue weighted by molar-refractivity contribution is 0.0938. The Bertz CT molecular complexity index is 572. The highest BCUT2D eigenvalue weighted by Crippen LogP contribution is 2.22. The van der Waals surface area contributed by atoms with Gasteiger partial charge in [-0.1, -0.05) is 12.1 Å². The van der Waals surface area contributed by atoms with Gasteiger partial charge in [-0.3, -0.25) is 4.79 Å². The molecular weight excluding hydrogens is 228 g/mol. The molecule has 0 aliphatic rings. The Hall–Kier alpha value is -1.81. The van der Waals surface area contributed by atoms with Crippen molar-refractivity contribution in [1.82, 2.24) is 10.3 Å². The number of aromatic amines is 1. The quantitative estimate of drug-likeness (QED) is 0.812. The zero-order valence-electron chi connectivity index (χ0n) is 11.0. The highest BCUT2D eigenvalue weighted by molar-refractivity contribution is 6.08. The van der Waals surface area contributed by atoms with Gasteiger partial charge in [0.25, 0.3) is 5.91 Å². The molecule has 0 fully saturated rings. The molecule has 0 aliphatic heterocycles. The SMILES string of the molecule is COCCNC(=O)c1c(C)[nH]c2cc(C)ccc12. The molecule has 0 bridgehead atoms. The van der Waals surface area contributed by atoms with E-state index in [4.69, 9.17) is 4.74 Å². The number of rotatable bonds is 4. The molecule has 2 aromatic rings. The summed E-state index contributed by atoms with van der Waals surface area (Å²) in [6.45, 7) is 4.99. The van der Waals surface area contributed by atoms with E-state index in [-0.39, 0.29) is 5.91 Å². The Balaban J connectivity index is 2.32. The fourth-order valence-electron chi connectivity index (χ4n) is 2.09. The van der Waals surface area contributed by atoms with E-state index in [1.165, 1.54) is 5.56 Å². The van der Waals surface area contributed by atoms with Crippen LogP contribution in [0.5, 0.6) is 0 Å². The van der Waals surface area contributed by atoms with Gasteiger partial charge in [0.15, 0.2) is 0 Å². The molecule has 96 valence electrons. The number of hydrogen-bond donors (Lipinski definition) is 2. The topological polar surface area (TPSA) is 54.1 Å². The molecule has 1 heterocycles. The third-order valence-corrected chi connectivity index (χ3v) is 2.96. The molecule has 1 amide bonds. The minimum atomic E-state index is -0.0559. The fraction of sp³-hybridized carbons (Fsp3) is 0.357. The highest BCUT2D eigenvalue weighted by Gasteiger charge is 2.15. The Kier molecular flexibility index (Phi) is 3.67. The summed E-state index contributed by atoms with van der Waals surface area (Å²) in [5, 5.41) is 3.82. The number of amides is 1. The van der Waals surface area contributed by atoms with Crippen molar-refractivity contribution in [2.24, 2.45) is 0 Å². The van der Waals surface area contributed by atoms with Crippen molar-refractivity contribution in [1.29, 1.82) is 0 Å². The maximum Gasteiger partial charge on any atom is 0.253 e. The van der Waals surface area contributed by atoms with E-state index in [9.17, 15) is 4.79 Å². The number of aromatic nitrogens is 1. The maximum atomic E-state index is 12.1. The van der Waals surface area contributed by atoms with Crippen LogP contribution in [0.2, 0.25) is 0 Å². The van der Waals surface area contributed by atoms with Gasteiger partial charge < -0.3 is 15.0 Å². The molecule has 0 radical (unpaired) electrons. The maximum absolute atomic E-state index is 12.1. The van der Waals surface area contributed by atoms with Crippen molar-refractivity contribution in [3.8, 4) is 0 Å². The van der Waals surface area contributed by atoms with Crippen molar-refractivity contribution in [2.45, 2.75) is 13.8 Å². The van der Waals surface area contributed by atoms with E-state index in [1.54, 1.807) is 7.11 Å². The molecule has 2 N–H and O–H groups in total. The second kappa shape index (κ2) is 5.23. The van der Waals surface area contributed by atoms with Gasteiger partial charge in [0.05, 0.1) is 12.2 Å². The summed E-state index contributed by atoms with van der Waals surface area (Å²) in [6.07, 6.45) is 0. The lowest BCUT2D eigenvalue weighted by Gasteiger charge is -2.04. The lowest BCUT2D eigenvalue weighted by atomic mass is 10.1. The molecule has 2 rings (SSSR count). The van der Waals surface area contributed by atoms with Crippen LogP contribution < -0.4 is 5.32 Å². The van der Waals surface area contributed by atoms with Crippen LogP contribution in [-0.2, 0) is 4.74 Å². The summed E-state index contributed by atoms with van der Waals surface area (Å²) in [5.41, 5.74) is 3.80. The Labute approximate surface area is 106 Å². The molecule has 0 saturated heterocycles. The van der Waals surface area contributed by atoms with Gasteiger partial charge in [-0.15, -0.1) is 0 Å². The summed E-state index contributed by atoms with van der Waals surface area (Å²) in [4.78, 5) is 15.4. The second-order valence-electron chi connectivity index (χ2n) is 4.42. The van der Waals surface area contributed by atoms with Gasteiger partial charge in [-0.05, 0) is 25.5 Å². The summed E-state index contributed by atoms with van der Waals surface area (Å²) in [7, 11) is 1.62. The Morgan fingerprint density at radius 1 is 1.39 bits per heavy atom. The number of fused-ring (bicyclic) bond motifs is 1. The van der Waals surface area contributed by atoms with E-state index < -0.39 is 0 Å². The molecule has 1 aromatic heterocycles. The van der Waals surface area contributed by atoms with Gasteiger partial charge >= 0.3 is 0 Å². The van der Waals surface area contributed by atoms with Gasteiger partial charge in [-0.2, -0.15) is 0 Å². The molecular formula is C14H18N2O2. The van der Waals surface area contributed by atoms with Gasteiger partial charge in [0.1, 0.15) is 0 Å². The first kappa shape index (κ1) is 12.6. The van der Waals surface area contributed by atoms with Crippen LogP contribution in [0.25, 0.3) is 10.9 Å². The number of carbonyl (C=O) groups excluding carboxylic acids is 1. The van der Waals surface area contributed by atoms with Gasteiger partial charge in [0, 0.05) is 30.3 Å². The fourth-order valence-corrected chi connectivity index (χ4v) is 2.09. The molecule has 0 atom stereocenters. The van der Waals surface area contributed by atoms with E-state index in [0.29, 0.717) is 13.2 Å². The van der Waals surface area contributed by atoms with Crippen molar-refractivity contribution in [3.63, 3.8) is 0 Å². The van der Waals surface area contributed by atoms with Gasteiger partial charge in [-0.25, -0.2) is 0 Å². The lowest BCUT2D eigenvalue weighted by Crippen LogP contribution is -2.27. The van der Waals surface area contributed by atoms with E-state index in [0.717, 1.165) is 22.2 Å². The minimum absolute atomic E-state index is 0.0559. The molecule has 0 aliphatic carbocycles. The number of carbonyl (C=O) groups is 1. The molecule has 1 aromatic carbocycles. The smallest absolute Gasteiger partial charge is 0.253 e.